The standard InChI is InChI=1S/C13H16ClN5O2/c1-17(2)9-11(19(20)21)13-15-5-6-18(13)8-10-3-4-12(14)16-7-10/h3-4,7,9H,5-6,8H2,1-2H3/b11-9-. The van der Waals surface area contributed by atoms with E-state index in [4.69, 9.17) is 11.6 Å². The number of nitrogens with zero attached hydrogens (tertiary/aromatic N) is 5. The van der Waals surface area contributed by atoms with Gasteiger partial charge in [-0.2, -0.15) is 0 Å². The lowest BCUT2D eigenvalue weighted by atomic mass is 10.2. The van der Waals surface area contributed by atoms with Gasteiger partial charge in [-0.15, -0.1) is 0 Å². The highest BCUT2D eigenvalue weighted by Crippen LogP contribution is 2.16. The van der Waals surface area contributed by atoms with Gasteiger partial charge >= 0.3 is 5.70 Å². The third kappa shape index (κ3) is 3.91. The molecule has 1 aromatic rings. The molecule has 0 unspecified atom stereocenters. The molecule has 0 bridgehead atoms. The summed E-state index contributed by atoms with van der Waals surface area (Å²) in [6.45, 7) is 1.72. The Labute approximate surface area is 127 Å². The van der Waals surface area contributed by atoms with Gasteiger partial charge < -0.3 is 9.80 Å². The summed E-state index contributed by atoms with van der Waals surface area (Å²) in [5.41, 5.74) is 0.931. The molecule has 0 saturated heterocycles. The molecule has 21 heavy (non-hydrogen) atoms. The van der Waals surface area contributed by atoms with Crippen molar-refractivity contribution in [2.45, 2.75) is 6.54 Å². The van der Waals surface area contributed by atoms with Gasteiger partial charge in [-0.3, -0.25) is 15.1 Å². The van der Waals surface area contributed by atoms with Crippen LogP contribution in [-0.2, 0) is 6.54 Å². The van der Waals surface area contributed by atoms with Crippen LogP contribution in [0.2, 0.25) is 5.15 Å². The van der Waals surface area contributed by atoms with Gasteiger partial charge in [-0.1, -0.05) is 17.7 Å². The predicted octanol–water partition coefficient (Wildman–Crippen LogP) is 1.63. The van der Waals surface area contributed by atoms with E-state index in [1.807, 2.05) is 11.0 Å². The molecule has 1 aliphatic rings. The van der Waals surface area contributed by atoms with Crippen molar-refractivity contribution < 1.29 is 4.92 Å². The van der Waals surface area contributed by atoms with Crippen molar-refractivity contribution in [3.05, 3.63) is 51.1 Å². The van der Waals surface area contributed by atoms with Crippen molar-refractivity contribution in [2.24, 2.45) is 4.99 Å². The van der Waals surface area contributed by atoms with Crippen LogP contribution in [0, 0.1) is 10.1 Å². The predicted molar refractivity (Wildman–Crippen MR) is 80.7 cm³/mol. The van der Waals surface area contributed by atoms with Gasteiger partial charge in [0.1, 0.15) is 5.15 Å². The number of rotatable bonds is 5. The Morgan fingerprint density at radius 3 is 2.90 bits per heavy atom. The molecule has 2 heterocycles. The Morgan fingerprint density at radius 1 is 1.57 bits per heavy atom. The van der Waals surface area contributed by atoms with Gasteiger partial charge in [-0.25, -0.2) is 4.98 Å². The number of pyridine rings is 1. The summed E-state index contributed by atoms with van der Waals surface area (Å²) in [5, 5.41) is 11.7. The molecule has 2 rings (SSSR count). The van der Waals surface area contributed by atoms with Crippen molar-refractivity contribution in [1.29, 1.82) is 0 Å². The second-order valence-corrected chi connectivity index (χ2v) is 5.24. The maximum atomic E-state index is 11.2. The van der Waals surface area contributed by atoms with E-state index in [0.29, 0.717) is 30.6 Å². The summed E-state index contributed by atoms with van der Waals surface area (Å²) >= 11 is 5.75. The van der Waals surface area contributed by atoms with E-state index in [2.05, 4.69) is 9.98 Å². The minimum absolute atomic E-state index is 0.000535. The summed E-state index contributed by atoms with van der Waals surface area (Å²) in [6.07, 6.45) is 3.14. The van der Waals surface area contributed by atoms with Crippen molar-refractivity contribution in [1.82, 2.24) is 14.8 Å². The first kappa shape index (κ1) is 15.2. The van der Waals surface area contributed by atoms with Gasteiger partial charge in [0.05, 0.1) is 17.7 Å². The molecule has 0 saturated carbocycles. The van der Waals surface area contributed by atoms with E-state index in [0.717, 1.165) is 5.56 Å². The van der Waals surface area contributed by atoms with Gasteiger partial charge in [-0.05, 0) is 11.6 Å². The fourth-order valence-corrected chi connectivity index (χ4v) is 2.14. The monoisotopic (exact) mass is 309 g/mol. The highest BCUT2D eigenvalue weighted by atomic mass is 35.5. The molecular formula is C13H16ClN5O2. The minimum atomic E-state index is -0.405. The Morgan fingerprint density at radius 2 is 2.33 bits per heavy atom. The smallest absolute Gasteiger partial charge is 0.326 e. The molecule has 0 fully saturated rings. The average molecular weight is 310 g/mol. The maximum Gasteiger partial charge on any atom is 0.326 e. The molecule has 0 spiro atoms. The summed E-state index contributed by atoms with van der Waals surface area (Å²) in [5.74, 6) is 0.406. The highest BCUT2D eigenvalue weighted by Gasteiger charge is 2.29. The number of aromatic nitrogens is 1. The highest BCUT2D eigenvalue weighted by molar-refractivity contribution is 6.29. The number of halogens is 1. The summed E-state index contributed by atoms with van der Waals surface area (Å²) < 4.78 is 0. The molecule has 0 aromatic carbocycles. The van der Waals surface area contributed by atoms with Crippen LogP contribution in [0.1, 0.15) is 5.56 Å². The fraction of sp³-hybridized carbons (Fsp3) is 0.385. The van der Waals surface area contributed by atoms with Gasteiger partial charge in [0.2, 0.25) is 5.84 Å². The second-order valence-electron chi connectivity index (χ2n) is 4.85. The first-order valence-corrected chi connectivity index (χ1v) is 6.78. The Hall–Kier alpha value is -2.15. The van der Waals surface area contributed by atoms with Crippen LogP contribution < -0.4 is 0 Å². The number of nitro groups is 1. The number of hydrogen-bond acceptors (Lipinski definition) is 6. The first-order valence-electron chi connectivity index (χ1n) is 6.40. The van der Waals surface area contributed by atoms with Crippen molar-refractivity contribution in [3.63, 3.8) is 0 Å². The second kappa shape index (κ2) is 6.53. The molecule has 7 nitrogen and oxygen atoms in total. The molecule has 0 aliphatic carbocycles. The molecule has 0 amide bonds. The first-order chi connectivity index (χ1) is 9.97. The van der Waals surface area contributed by atoms with Crippen molar-refractivity contribution >= 4 is 17.4 Å². The van der Waals surface area contributed by atoms with E-state index in [-0.39, 0.29) is 5.70 Å². The zero-order valence-corrected chi connectivity index (χ0v) is 12.6. The van der Waals surface area contributed by atoms with E-state index >= 15 is 0 Å². The quantitative estimate of drug-likeness (QED) is 0.469. The van der Waals surface area contributed by atoms with Gasteiger partial charge in [0.25, 0.3) is 0 Å². The Balaban J connectivity index is 2.19. The number of hydrogen-bond donors (Lipinski definition) is 0. The molecular weight excluding hydrogens is 294 g/mol. The molecule has 112 valence electrons. The van der Waals surface area contributed by atoms with Crippen LogP contribution in [0.4, 0.5) is 0 Å². The van der Waals surface area contributed by atoms with E-state index in [1.54, 1.807) is 31.3 Å². The third-order valence-electron chi connectivity index (χ3n) is 2.90. The van der Waals surface area contributed by atoms with Crippen molar-refractivity contribution in [3.8, 4) is 0 Å². The summed E-state index contributed by atoms with van der Waals surface area (Å²) in [6, 6.07) is 3.56. The van der Waals surface area contributed by atoms with E-state index in [9.17, 15) is 10.1 Å². The Kier molecular flexibility index (Phi) is 4.74. The zero-order chi connectivity index (χ0) is 15.4. The number of aliphatic imine (C=N–C) groups is 1. The van der Waals surface area contributed by atoms with Gasteiger partial charge in [0.15, 0.2) is 0 Å². The molecule has 0 N–H and O–H groups in total. The van der Waals surface area contributed by atoms with Crippen LogP contribution in [0.15, 0.2) is 35.2 Å². The Bertz CT molecular complexity index is 583. The molecule has 0 radical (unpaired) electrons. The van der Waals surface area contributed by atoms with Crippen LogP contribution in [0.3, 0.4) is 0 Å². The maximum absolute atomic E-state index is 11.2. The van der Waals surface area contributed by atoms with E-state index < -0.39 is 4.92 Å². The summed E-state index contributed by atoms with van der Waals surface area (Å²) in [7, 11) is 3.49. The lowest BCUT2D eigenvalue weighted by Crippen LogP contribution is -2.31. The fourth-order valence-electron chi connectivity index (χ4n) is 2.03. The van der Waals surface area contributed by atoms with Crippen LogP contribution >= 0.6 is 11.6 Å². The summed E-state index contributed by atoms with van der Waals surface area (Å²) in [4.78, 5) is 22.6. The van der Waals surface area contributed by atoms with Crippen LogP contribution in [0.25, 0.3) is 0 Å². The lowest BCUT2D eigenvalue weighted by Gasteiger charge is -2.19. The molecule has 0 atom stereocenters. The molecule has 1 aromatic heterocycles. The number of amidine groups is 1. The largest absolute Gasteiger partial charge is 0.378 e. The minimum Gasteiger partial charge on any atom is -0.378 e. The lowest BCUT2D eigenvalue weighted by molar-refractivity contribution is -0.416. The van der Waals surface area contributed by atoms with Crippen molar-refractivity contribution in [2.75, 3.05) is 27.2 Å². The molecule has 1 aliphatic heterocycles. The normalized spacial score (nSPS) is 15.1. The molecule has 8 heteroatoms. The van der Waals surface area contributed by atoms with Gasteiger partial charge in [0, 0.05) is 33.4 Å². The van der Waals surface area contributed by atoms with Crippen LogP contribution in [-0.4, -0.2) is 52.7 Å². The topological polar surface area (TPSA) is 74.9 Å². The zero-order valence-electron chi connectivity index (χ0n) is 11.9. The average Bonchev–Trinajstić information content (AvgIpc) is 2.86. The third-order valence-corrected chi connectivity index (χ3v) is 3.12. The van der Waals surface area contributed by atoms with Crippen LogP contribution in [0.5, 0.6) is 0 Å². The van der Waals surface area contributed by atoms with E-state index in [1.165, 1.54) is 6.20 Å². The SMILES string of the molecule is CN(C)/C=C(/C1=NCCN1Cc1ccc(Cl)nc1)[N+](=O)[O-].